The highest BCUT2D eigenvalue weighted by Crippen LogP contribution is 2.48. The lowest BCUT2D eigenvalue weighted by molar-refractivity contribution is 0.0871. The number of hydrogen-bond donors (Lipinski definition) is 0. The molecule has 0 amide bonds. The van der Waals surface area contributed by atoms with E-state index in [-0.39, 0.29) is 0 Å². The first-order valence-corrected chi connectivity index (χ1v) is 8.11. The lowest BCUT2D eigenvalue weighted by Gasteiger charge is -2.43. The lowest BCUT2D eigenvalue weighted by Crippen LogP contribution is -2.34. The summed E-state index contributed by atoms with van der Waals surface area (Å²) in [7, 11) is 1.80. The molecule has 0 bridgehead atoms. The van der Waals surface area contributed by atoms with E-state index < -0.39 is 0 Å². The SMILES string of the molecule is COCCCC1(CBr)CCC(C(C)(C)C)CC1. The molecule has 0 aliphatic heterocycles. The Morgan fingerprint density at radius 1 is 1.24 bits per heavy atom. The van der Waals surface area contributed by atoms with Gasteiger partial charge in [0.1, 0.15) is 0 Å². The molecule has 0 heterocycles. The second kappa shape index (κ2) is 6.56. The Hall–Kier alpha value is 0.440. The van der Waals surface area contributed by atoms with Crippen LogP contribution in [0.2, 0.25) is 0 Å². The monoisotopic (exact) mass is 304 g/mol. The molecule has 0 saturated heterocycles. The second-order valence-electron chi connectivity index (χ2n) is 6.87. The van der Waals surface area contributed by atoms with Crippen LogP contribution in [0, 0.1) is 16.7 Å². The first-order valence-electron chi connectivity index (χ1n) is 6.98. The number of halogens is 1. The Labute approximate surface area is 116 Å². The highest BCUT2D eigenvalue weighted by Gasteiger charge is 2.37. The fraction of sp³-hybridized carbons (Fsp3) is 1.00. The van der Waals surface area contributed by atoms with Crippen molar-refractivity contribution in [1.29, 1.82) is 0 Å². The maximum atomic E-state index is 5.18. The van der Waals surface area contributed by atoms with Gasteiger partial charge in [-0.2, -0.15) is 0 Å². The second-order valence-corrected chi connectivity index (χ2v) is 7.43. The summed E-state index contributed by atoms with van der Waals surface area (Å²) in [5.41, 5.74) is 1.05. The van der Waals surface area contributed by atoms with E-state index in [1.807, 2.05) is 0 Å². The number of rotatable bonds is 5. The predicted molar refractivity (Wildman–Crippen MR) is 78.8 cm³/mol. The van der Waals surface area contributed by atoms with Gasteiger partial charge in [0, 0.05) is 19.0 Å². The van der Waals surface area contributed by atoms with E-state index in [4.69, 9.17) is 4.74 Å². The van der Waals surface area contributed by atoms with Gasteiger partial charge in [-0.25, -0.2) is 0 Å². The number of methoxy groups -OCH3 is 1. The maximum Gasteiger partial charge on any atom is 0.0462 e. The van der Waals surface area contributed by atoms with E-state index in [2.05, 4.69) is 36.7 Å². The minimum absolute atomic E-state index is 0.491. The highest BCUT2D eigenvalue weighted by atomic mass is 79.9. The van der Waals surface area contributed by atoms with E-state index in [9.17, 15) is 0 Å². The van der Waals surface area contributed by atoms with Crippen molar-refractivity contribution in [2.45, 2.75) is 59.3 Å². The van der Waals surface area contributed by atoms with Gasteiger partial charge in [0.25, 0.3) is 0 Å². The van der Waals surface area contributed by atoms with Crippen molar-refractivity contribution in [2.24, 2.45) is 16.7 Å². The Morgan fingerprint density at radius 2 is 1.82 bits per heavy atom. The van der Waals surface area contributed by atoms with E-state index in [1.165, 1.54) is 43.9 Å². The molecule has 0 aromatic heterocycles. The molecular formula is C15H29BrO. The third-order valence-corrected chi connectivity index (χ3v) is 5.80. The van der Waals surface area contributed by atoms with Crippen LogP contribution in [0.3, 0.4) is 0 Å². The standard InChI is InChI=1S/C15H29BrO/c1-14(2,3)13-6-9-15(12-16,10-7-13)8-5-11-17-4/h13H,5-12H2,1-4H3. The van der Waals surface area contributed by atoms with Crippen molar-refractivity contribution in [2.75, 3.05) is 19.0 Å². The summed E-state index contributed by atoms with van der Waals surface area (Å²) < 4.78 is 5.18. The zero-order valence-electron chi connectivity index (χ0n) is 12.0. The van der Waals surface area contributed by atoms with Gasteiger partial charge in [-0.15, -0.1) is 0 Å². The molecule has 0 aromatic carbocycles. The van der Waals surface area contributed by atoms with Crippen LogP contribution >= 0.6 is 15.9 Å². The Morgan fingerprint density at radius 3 is 2.24 bits per heavy atom. The van der Waals surface area contributed by atoms with E-state index in [0.29, 0.717) is 10.8 Å². The first-order chi connectivity index (χ1) is 7.93. The summed E-state index contributed by atoms with van der Waals surface area (Å²) in [6.07, 6.45) is 8.13. The Balaban J connectivity index is 2.45. The van der Waals surface area contributed by atoms with Gasteiger partial charge in [-0.3, -0.25) is 0 Å². The molecular weight excluding hydrogens is 276 g/mol. The molecule has 1 saturated carbocycles. The van der Waals surface area contributed by atoms with Gasteiger partial charge >= 0.3 is 0 Å². The summed E-state index contributed by atoms with van der Waals surface area (Å²) in [5, 5.41) is 1.17. The van der Waals surface area contributed by atoms with Gasteiger partial charge < -0.3 is 4.74 Å². The molecule has 2 heteroatoms. The molecule has 1 aliphatic carbocycles. The molecule has 1 rings (SSSR count). The van der Waals surface area contributed by atoms with Crippen molar-refractivity contribution in [3.05, 3.63) is 0 Å². The zero-order chi connectivity index (χ0) is 12.9. The molecule has 0 unspecified atom stereocenters. The van der Waals surface area contributed by atoms with Crippen LogP contribution in [0.15, 0.2) is 0 Å². The topological polar surface area (TPSA) is 9.23 Å². The van der Waals surface area contributed by atoms with Crippen LogP contribution < -0.4 is 0 Å². The van der Waals surface area contributed by atoms with E-state index >= 15 is 0 Å². The lowest BCUT2D eigenvalue weighted by atomic mass is 9.63. The van der Waals surface area contributed by atoms with Gasteiger partial charge in [-0.1, -0.05) is 36.7 Å². The fourth-order valence-corrected chi connectivity index (χ4v) is 3.98. The summed E-state index contributed by atoms with van der Waals surface area (Å²) in [6, 6.07) is 0. The molecule has 0 atom stereocenters. The molecule has 1 fully saturated rings. The molecule has 1 nitrogen and oxygen atoms in total. The summed E-state index contributed by atoms with van der Waals surface area (Å²) in [6.45, 7) is 8.09. The minimum atomic E-state index is 0.491. The normalized spacial score (nSPS) is 30.5. The molecule has 0 spiro atoms. The van der Waals surface area contributed by atoms with Gasteiger partial charge in [-0.05, 0) is 55.3 Å². The smallest absolute Gasteiger partial charge is 0.0462 e. The largest absolute Gasteiger partial charge is 0.385 e. The number of alkyl halides is 1. The van der Waals surface area contributed by atoms with Gasteiger partial charge in [0.2, 0.25) is 0 Å². The third kappa shape index (κ3) is 4.55. The van der Waals surface area contributed by atoms with Crippen LogP contribution in [-0.4, -0.2) is 19.0 Å². The van der Waals surface area contributed by atoms with Gasteiger partial charge in [0.05, 0.1) is 0 Å². The highest BCUT2D eigenvalue weighted by molar-refractivity contribution is 9.09. The molecule has 1 aliphatic rings. The van der Waals surface area contributed by atoms with Crippen LogP contribution in [0.1, 0.15) is 59.3 Å². The average molecular weight is 305 g/mol. The number of hydrogen-bond acceptors (Lipinski definition) is 1. The maximum absolute atomic E-state index is 5.18. The van der Waals surface area contributed by atoms with Crippen molar-refractivity contribution in [3.8, 4) is 0 Å². The van der Waals surface area contributed by atoms with Crippen molar-refractivity contribution >= 4 is 15.9 Å². The van der Waals surface area contributed by atoms with Crippen molar-refractivity contribution < 1.29 is 4.74 Å². The quantitative estimate of drug-likeness (QED) is 0.511. The molecule has 0 radical (unpaired) electrons. The zero-order valence-corrected chi connectivity index (χ0v) is 13.6. The Kier molecular flexibility index (Phi) is 5.98. The minimum Gasteiger partial charge on any atom is -0.385 e. The van der Waals surface area contributed by atoms with Gasteiger partial charge in [0.15, 0.2) is 0 Å². The predicted octanol–water partition coefficient (Wildman–Crippen LogP) is 5.03. The molecule has 0 N–H and O–H groups in total. The first kappa shape index (κ1) is 15.5. The van der Waals surface area contributed by atoms with E-state index in [0.717, 1.165) is 12.5 Å². The fourth-order valence-electron chi connectivity index (χ4n) is 3.14. The summed E-state index contributed by atoms with van der Waals surface area (Å²) in [5.74, 6) is 0.914. The summed E-state index contributed by atoms with van der Waals surface area (Å²) >= 11 is 3.75. The molecule has 102 valence electrons. The molecule has 17 heavy (non-hydrogen) atoms. The Bertz CT molecular complexity index is 211. The van der Waals surface area contributed by atoms with Crippen LogP contribution in [0.25, 0.3) is 0 Å². The van der Waals surface area contributed by atoms with Crippen LogP contribution in [-0.2, 0) is 4.74 Å². The van der Waals surface area contributed by atoms with Crippen LogP contribution in [0.5, 0.6) is 0 Å². The third-order valence-electron chi connectivity index (χ3n) is 4.61. The van der Waals surface area contributed by atoms with Crippen LogP contribution in [0.4, 0.5) is 0 Å². The molecule has 0 aromatic rings. The number of ether oxygens (including phenoxy) is 1. The van der Waals surface area contributed by atoms with Crippen molar-refractivity contribution in [1.82, 2.24) is 0 Å². The van der Waals surface area contributed by atoms with Crippen molar-refractivity contribution in [3.63, 3.8) is 0 Å². The van der Waals surface area contributed by atoms with E-state index in [1.54, 1.807) is 7.11 Å². The summed E-state index contributed by atoms with van der Waals surface area (Å²) in [4.78, 5) is 0. The average Bonchev–Trinajstić information content (AvgIpc) is 2.29.